The second-order valence-corrected chi connectivity index (χ2v) is 3.60. The molecule has 3 amide bonds. The van der Waals surface area contributed by atoms with Gasteiger partial charge in [0.15, 0.2) is 0 Å². The van der Waals surface area contributed by atoms with Gasteiger partial charge in [0.25, 0.3) is 5.91 Å². The van der Waals surface area contributed by atoms with Crippen molar-refractivity contribution < 1.29 is 19.1 Å². The smallest absolute Gasteiger partial charge is 0.337 e. The van der Waals surface area contributed by atoms with Gasteiger partial charge in [-0.15, -0.1) is 0 Å². The highest BCUT2D eigenvalue weighted by Crippen LogP contribution is 2.10. The van der Waals surface area contributed by atoms with Crippen molar-refractivity contribution in [3.05, 3.63) is 41.0 Å². The Labute approximate surface area is 114 Å². The van der Waals surface area contributed by atoms with Crippen LogP contribution >= 0.6 is 0 Å². The fraction of sp³-hybridized carbons (Fsp3) is 0.0769. The number of nitrogens with one attached hydrogen (secondary N) is 1. The topological polar surface area (TPSA) is 122 Å². The molecular formula is C13H11N3O4. The highest BCUT2D eigenvalue weighted by atomic mass is 16.5. The minimum Gasteiger partial charge on any atom is -0.465 e. The van der Waals surface area contributed by atoms with Crippen molar-refractivity contribution in [2.45, 2.75) is 0 Å². The van der Waals surface area contributed by atoms with Crippen molar-refractivity contribution in [3.8, 4) is 6.07 Å². The van der Waals surface area contributed by atoms with E-state index in [1.54, 1.807) is 11.4 Å². The Morgan fingerprint density at radius 2 is 1.90 bits per heavy atom. The summed E-state index contributed by atoms with van der Waals surface area (Å²) >= 11 is 0. The van der Waals surface area contributed by atoms with Gasteiger partial charge in [-0.05, 0) is 23.8 Å². The minimum absolute atomic E-state index is 0.283. The average Bonchev–Trinajstić information content (AvgIpc) is 2.43. The Bertz CT molecular complexity index is 611. The van der Waals surface area contributed by atoms with Crippen LogP contribution in [-0.4, -0.2) is 25.0 Å². The van der Waals surface area contributed by atoms with Crippen LogP contribution < -0.4 is 11.1 Å². The number of nitrogens with two attached hydrogens (primary N) is 1. The number of carbonyl (C=O) groups excluding carboxylic acids is 3. The third-order valence-electron chi connectivity index (χ3n) is 2.24. The number of primary amides is 1. The molecule has 0 aliphatic heterocycles. The van der Waals surface area contributed by atoms with E-state index in [0.717, 1.165) is 0 Å². The number of nitriles is 1. The molecule has 0 radical (unpaired) electrons. The summed E-state index contributed by atoms with van der Waals surface area (Å²) in [6, 6.07) is 6.64. The fourth-order valence-corrected chi connectivity index (χ4v) is 1.33. The van der Waals surface area contributed by atoms with Crippen LogP contribution in [-0.2, 0) is 9.53 Å². The number of amides is 3. The fourth-order valence-electron chi connectivity index (χ4n) is 1.33. The predicted molar refractivity (Wildman–Crippen MR) is 69.1 cm³/mol. The molecule has 0 aromatic heterocycles. The summed E-state index contributed by atoms with van der Waals surface area (Å²) in [5.41, 5.74) is 5.35. The average molecular weight is 273 g/mol. The summed E-state index contributed by atoms with van der Waals surface area (Å²) in [5.74, 6) is -1.38. The second-order valence-electron chi connectivity index (χ2n) is 3.60. The lowest BCUT2D eigenvalue weighted by Crippen LogP contribution is -2.35. The lowest BCUT2D eigenvalue weighted by atomic mass is 10.1. The molecule has 0 spiro atoms. The van der Waals surface area contributed by atoms with Crippen LogP contribution in [0.2, 0.25) is 0 Å². The van der Waals surface area contributed by atoms with Crippen LogP contribution in [0.15, 0.2) is 29.8 Å². The summed E-state index contributed by atoms with van der Waals surface area (Å²) in [6.07, 6.45) is 1.26. The zero-order chi connectivity index (χ0) is 15.1. The molecule has 1 rings (SSSR count). The molecule has 0 fully saturated rings. The number of ether oxygens (including phenoxy) is 1. The molecule has 102 valence electrons. The van der Waals surface area contributed by atoms with Crippen molar-refractivity contribution in [2.24, 2.45) is 5.73 Å². The van der Waals surface area contributed by atoms with Crippen LogP contribution in [0.3, 0.4) is 0 Å². The van der Waals surface area contributed by atoms with Gasteiger partial charge < -0.3 is 10.5 Å². The lowest BCUT2D eigenvalue weighted by molar-refractivity contribution is -0.115. The summed E-state index contributed by atoms with van der Waals surface area (Å²) in [7, 11) is 1.26. The summed E-state index contributed by atoms with van der Waals surface area (Å²) < 4.78 is 4.54. The van der Waals surface area contributed by atoms with Crippen molar-refractivity contribution in [2.75, 3.05) is 7.11 Å². The van der Waals surface area contributed by atoms with E-state index in [1.165, 1.54) is 37.5 Å². The number of rotatable bonds is 3. The normalized spacial score (nSPS) is 10.3. The zero-order valence-corrected chi connectivity index (χ0v) is 10.5. The highest BCUT2D eigenvalue weighted by Gasteiger charge is 2.11. The molecule has 1 aromatic carbocycles. The quantitative estimate of drug-likeness (QED) is 0.473. The van der Waals surface area contributed by atoms with Gasteiger partial charge in [-0.2, -0.15) is 5.26 Å². The van der Waals surface area contributed by atoms with Gasteiger partial charge in [-0.1, -0.05) is 12.1 Å². The van der Waals surface area contributed by atoms with Gasteiger partial charge in [0.2, 0.25) is 0 Å². The van der Waals surface area contributed by atoms with Crippen molar-refractivity contribution in [1.29, 1.82) is 5.26 Å². The van der Waals surface area contributed by atoms with Crippen molar-refractivity contribution >= 4 is 24.0 Å². The van der Waals surface area contributed by atoms with Crippen molar-refractivity contribution in [3.63, 3.8) is 0 Å². The monoisotopic (exact) mass is 273 g/mol. The molecule has 0 aliphatic rings. The number of hydrogen-bond acceptors (Lipinski definition) is 5. The number of methoxy groups -OCH3 is 1. The molecule has 20 heavy (non-hydrogen) atoms. The van der Waals surface area contributed by atoms with Crippen LogP contribution in [0.1, 0.15) is 15.9 Å². The second kappa shape index (κ2) is 6.70. The molecule has 7 heteroatoms. The summed E-state index contributed by atoms with van der Waals surface area (Å²) in [4.78, 5) is 33.2. The van der Waals surface area contributed by atoms with E-state index >= 15 is 0 Å². The third-order valence-corrected chi connectivity index (χ3v) is 2.24. The van der Waals surface area contributed by atoms with Crippen molar-refractivity contribution in [1.82, 2.24) is 5.32 Å². The summed E-state index contributed by atoms with van der Waals surface area (Å²) in [6.45, 7) is 0. The molecule has 0 heterocycles. The Morgan fingerprint density at radius 3 is 2.35 bits per heavy atom. The molecule has 0 saturated carbocycles. The number of carbonyl (C=O) groups is 3. The van der Waals surface area contributed by atoms with Gasteiger partial charge >= 0.3 is 12.0 Å². The first kappa shape index (κ1) is 14.9. The number of esters is 1. The van der Waals surface area contributed by atoms with E-state index in [9.17, 15) is 14.4 Å². The standard InChI is InChI=1S/C13H11N3O4/c1-20-12(18)9-4-2-8(3-5-9)6-10(7-14)11(17)16-13(15)19/h2-6H,1H3,(H3,15,16,17,19)/b10-6-. The van der Waals surface area contributed by atoms with Crippen LogP contribution in [0.25, 0.3) is 6.08 Å². The van der Waals surface area contributed by atoms with Crippen LogP contribution in [0.4, 0.5) is 4.79 Å². The minimum atomic E-state index is -1.04. The predicted octanol–water partition coefficient (Wildman–Crippen LogP) is 0.575. The molecule has 0 bridgehead atoms. The van der Waals surface area contributed by atoms with E-state index < -0.39 is 17.9 Å². The van der Waals surface area contributed by atoms with E-state index in [1.807, 2.05) is 0 Å². The number of imide groups is 1. The molecule has 1 aromatic rings. The molecule has 0 unspecified atom stereocenters. The molecule has 0 saturated heterocycles. The van der Waals surface area contributed by atoms with Gasteiger partial charge in [0.05, 0.1) is 12.7 Å². The number of benzene rings is 1. The largest absolute Gasteiger partial charge is 0.465 e. The first-order valence-electron chi connectivity index (χ1n) is 5.39. The number of hydrogen-bond donors (Lipinski definition) is 2. The molecule has 0 atom stereocenters. The SMILES string of the molecule is COC(=O)c1ccc(/C=C(/C#N)C(=O)NC(N)=O)cc1. The summed E-state index contributed by atoms with van der Waals surface area (Å²) in [5, 5.41) is 10.6. The first-order valence-corrected chi connectivity index (χ1v) is 5.39. The Balaban J connectivity index is 2.97. The first-order chi connectivity index (χ1) is 9.47. The van der Waals surface area contributed by atoms with E-state index in [-0.39, 0.29) is 5.57 Å². The lowest BCUT2D eigenvalue weighted by Gasteiger charge is -2.01. The maximum Gasteiger partial charge on any atom is 0.337 e. The van der Waals surface area contributed by atoms with E-state index in [2.05, 4.69) is 4.74 Å². The van der Waals surface area contributed by atoms with E-state index in [4.69, 9.17) is 11.0 Å². The Hall–Kier alpha value is -3.14. The number of urea groups is 1. The molecule has 3 N–H and O–H groups in total. The van der Waals surface area contributed by atoms with Crippen LogP contribution in [0.5, 0.6) is 0 Å². The zero-order valence-electron chi connectivity index (χ0n) is 10.5. The molecule has 7 nitrogen and oxygen atoms in total. The number of nitrogens with zero attached hydrogens (tertiary/aromatic N) is 1. The van der Waals surface area contributed by atoms with Gasteiger partial charge in [-0.25, -0.2) is 9.59 Å². The van der Waals surface area contributed by atoms with E-state index in [0.29, 0.717) is 11.1 Å². The van der Waals surface area contributed by atoms with Gasteiger partial charge in [0.1, 0.15) is 11.6 Å². The van der Waals surface area contributed by atoms with Gasteiger partial charge in [-0.3, -0.25) is 10.1 Å². The third kappa shape index (κ3) is 3.96. The molecule has 0 aliphatic carbocycles. The highest BCUT2D eigenvalue weighted by molar-refractivity contribution is 6.08. The Morgan fingerprint density at radius 1 is 1.30 bits per heavy atom. The van der Waals surface area contributed by atoms with Gasteiger partial charge in [0, 0.05) is 0 Å². The maximum absolute atomic E-state index is 11.4. The Kier molecular flexibility index (Phi) is 5.00. The molecular weight excluding hydrogens is 262 g/mol. The van der Waals surface area contributed by atoms with Crippen LogP contribution in [0, 0.1) is 11.3 Å². The maximum atomic E-state index is 11.4.